The van der Waals surface area contributed by atoms with Crippen molar-refractivity contribution >= 4 is 22.6 Å². The minimum Gasteiger partial charge on any atom is -0.492 e. The molecule has 82 valence electrons. The second-order valence-electron chi connectivity index (χ2n) is 4.05. The van der Waals surface area contributed by atoms with Crippen LogP contribution in [0.1, 0.15) is 12.8 Å². The van der Waals surface area contributed by atoms with Crippen molar-refractivity contribution in [3.8, 4) is 5.75 Å². The van der Waals surface area contributed by atoms with E-state index in [0.717, 1.165) is 12.4 Å². The lowest BCUT2D eigenvalue weighted by atomic mass is 10.2. The van der Waals surface area contributed by atoms with Crippen LogP contribution in [0, 0.1) is 3.57 Å². The molecule has 1 atom stereocenters. The van der Waals surface area contributed by atoms with Crippen LogP contribution in [0.5, 0.6) is 5.75 Å². The number of likely N-dealkylation sites (tertiary alicyclic amines) is 1. The number of hydrogen-bond donors (Lipinski definition) is 0. The number of nitrogens with zero attached hydrogens (tertiary/aromatic N) is 1. The van der Waals surface area contributed by atoms with Gasteiger partial charge in [0.05, 0.1) is 0 Å². The van der Waals surface area contributed by atoms with Crippen molar-refractivity contribution in [1.82, 2.24) is 4.90 Å². The van der Waals surface area contributed by atoms with E-state index in [2.05, 4.69) is 46.7 Å². The first-order valence-corrected chi connectivity index (χ1v) is 6.42. The van der Waals surface area contributed by atoms with E-state index in [1.54, 1.807) is 0 Å². The zero-order valence-electron chi connectivity index (χ0n) is 8.95. The van der Waals surface area contributed by atoms with Crippen molar-refractivity contribution in [2.75, 3.05) is 20.2 Å². The van der Waals surface area contributed by atoms with Gasteiger partial charge in [-0.3, -0.25) is 0 Å². The van der Waals surface area contributed by atoms with Gasteiger partial charge in [0.2, 0.25) is 0 Å². The fourth-order valence-electron chi connectivity index (χ4n) is 1.94. The van der Waals surface area contributed by atoms with Gasteiger partial charge in [-0.05, 0) is 67.2 Å². The highest BCUT2D eigenvalue weighted by Gasteiger charge is 2.21. The summed E-state index contributed by atoms with van der Waals surface area (Å²) in [7, 11) is 2.18. The minimum atomic E-state index is 0.600. The summed E-state index contributed by atoms with van der Waals surface area (Å²) in [4.78, 5) is 2.38. The lowest BCUT2D eigenvalue weighted by Gasteiger charge is -2.19. The van der Waals surface area contributed by atoms with Gasteiger partial charge in [0.15, 0.2) is 0 Å². The van der Waals surface area contributed by atoms with Gasteiger partial charge >= 0.3 is 0 Å². The van der Waals surface area contributed by atoms with E-state index in [1.807, 2.05) is 12.1 Å². The Morgan fingerprint density at radius 1 is 1.53 bits per heavy atom. The van der Waals surface area contributed by atoms with E-state index in [9.17, 15) is 0 Å². The van der Waals surface area contributed by atoms with Crippen molar-refractivity contribution in [2.45, 2.75) is 18.9 Å². The molecule has 0 aliphatic carbocycles. The third kappa shape index (κ3) is 3.08. The smallest absolute Gasteiger partial charge is 0.120 e. The predicted octanol–water partition coefficient (Wildman–Crippen LogP) is 2.76. The molecule has 1 aliphatic heterocycles. The van der Waals surface area contributed by atoms with Crippen molar-refractivity contribution in [3.05, 3.63) is 27.8 Å². The first kappa shape index (κ1) is 11.2. The average molecular weight is 317 g/mol. The number of halogens is 1. The number of likely N-dealkylation sites (N-methyl/N-ethyl adjacent to an activating group) is 1. The summed E-state index contributed by atoms with van der Waals surface area (Å²) < 4.78 is 7.02. The molecular weight excluding hydrogens is 301 g/mol. The third-order valence-electron chi connectivity index (χ3n) is 2.91. The largest absolute Gasteiger partial charge is 0.492 e. The molecule has 3 heteroatoms. The zero-order valence-corrected chi connectivity index (χ0v) is 11.1. The molecule has 0 bridgehead atoms. The first-order chi connectivity index (χ1) is 7.25. The van der Waals surface area contributed by atoms with E-state index in [0.29, 0.717) is 6.04 Å². The number of ether oxygens (including phenoxy) is 1. The van der Waals surface area contributed by atoms with Crippen molar-refractivity contribution in [2.24, 2.45) is 0 Å². The van der Waals surface area contributed by atoms with Crippen molar-refractivity contribution in [3.63, 3.8) is 0 Å². The fourth-order valence-corrected chi connectivity index (χ4v) is 2.45. The normalized spacial score (nSPS) is 21.9. The van der Waals surface area contributed by atoms with Gasteiger partial charge in [-0.25, -0.2) is 0 Å². The quantitative estimate of drug-likeness (QED) is 0.795. The Balaban J connectivity index is 1.87. The summed E-state index contributed by atoms with van der Waals surface area (Å²) in [5, 5.41) is 0. The second-order valence-corrected chi connectivity index (χ2v) is 5.29. The molecule has 1 aromatic carbocycles. The average Bonchev–Trinajstić information content (AvgIpc) is 2.61. The summed E-state index contributed by atoms with van der Waals surface area (Å²) in [5.41, 5.74) is 0. The summed E-state index contributed by atoms with van der Waals surface area (Å²) in [6.45, 7) is 2.02. The number of hydrogen-bond acceptors (Lipinski definition) is 2. The molecule has 0 spiro atoms. The van der Waals surface area contributed by atoms with Gasteiger partial charge in [-0.1, -0.05) is 6.07 Å². The van der Waals surface area contributed by atoms with Crippen molar-refractivity contribution in [1.29, 1.82) is 0 Å². The first-order valence-electron chi connectivity index (χ1n) is 5.34. The molecule has 15 heavy (non-hydrogen) atoms. The van der Waals surface area contributed by atoms with Crippen LogP contribution in [0.3, 0.4) is 0 Å². The third-order valence-corrected chi connectivity index (χ3v) is 3.58. The Morgan fingerprint density at radius 3 is 3.07 bits per heavy atom. The summed E-state index contributed by atoms with van der Waals surface area (Å²) in [6.07, 6.45) is 2.57. The summed E-state index contributed by atoms with van der Waals surface area (Å²) in [6, 6.07) is 8.82. The Hall–Kier alpha value is -0.290. The van der Waals surface area contributed by atoms with Crippen LogP contribution < -0.4 is 4.74 Å². The Kier molecular flexibility index (Phi) is 3.86. The predicted molar refractivity (Wildman–Crippen MR) is 70.3 cm³/mol. The number of rotatable bonds is 3. The lowest BCUT2D eigenvalue weighted by Crippen LogP contribution is -2.30. The molecule has 1 aromatic rings. The molecule has 1 saturated heterocycles. The van der Waals surface area contributed by atoms with E-state index in [1.165, 1.54) is 23.0 Å². The maximum atomic E-state index is 5.79. The van der Waals surface area contributed by atoms with E-state index in [-0.39, 0.29) is 0 Å². The SMILES string of the molecule is CN1CCCC1COc1cccc(I)c1. The number of benzene rings is 1. The van der Waals surface area contributed by atoms with Gasteiger partial charge < -0.3 is 9.64 Å². The van der Waals surface area contributed by atoms with Gasteiger partial charge in [0, 0.05) is 9.61 Å². The molecular formula is C12H16INO. The molecule has 1 fully saturated rings. The van der Waals surface area contributed by atoms with E-state index >= 15 is 0 Å². The minimum absolute atomic E-state index is 0.600. The monoisotopic (exact) mass is 317 g/mol. The van der Waals surface area contributed by atoms with Crippen LogP contribution in [0.15, 0.2) is 24.3 Å². The van der Waals surface area contributed by atoms with Crippen LogP contribution >= 0.6 is 22.6 Å². The van der Waals surface area contributed by atoms with Crippen LogP contribution in [0.25, 0.3) is 0 Å². The van der Waals surface area contributed by atoms with E-state index in [4.69, 9.17) is 4.74 Å². The van der Waals surface area contributed by atoms with Gasteiger partial charge in [0.25, 0.3) is 0 Å². The summed E-state index contributed by atoms with van der Waals surface area (Å²) in [5.74, 6) is 0.988. The van der Waals surface area contributed by atoms with Gasteiger partial charge in [-0.2, -0.15) is 0 Å². The standard InChI is InChI=1S/C12H16INO/c1-14-7-3-5-11(14)9-15-12-6-2-4-10(13)8-12/h2,4,6,8,11H,3,5,7,9H2,1H3. The molecule has 0 saturated carbocycles. The maximum Gasteiger partial charge on any atom is 0.120 e. The van der Waals surface area contributed by atoms with Crippen LogP contribution in [0.2, 0.25) is 0 Å². The van der Waals surface area contributed by atoms with Gasteiger partial charge in [0.1, 0.15) is 12.4 Å². The Bertz CT molecular complexity index is 329. The zero-order chi connectivity index (χ0) is 10.7. The highest BCUT2D eigenvalue weighted by atomic mass is 127. The fraction of sp³-hybridized carbons (Fsp3) is 0.500. The molecule has 2 rings (SSSR count). The Labute approximate surface area is 105 Å². The molecule has 0 amide bonds. The van der Waals surface area contributed by atoms with Crippen LogP contribution in [-0.4, -0.2) is 31.1 Å². The molecule has 1 aliphatic rings. The summed E-state index contributed by atoms with van der Waals surface area (Å²) >= 11 is 2.31. The molecule has 0 N–H and O–H groups in total. The Morgan fingerprint density at radius 2 is 2.40 bits per heavy atom. The molecule has 1 unspecified atom stereocenters. The molecule has 0 radical (unpaired) electrons. The molecule has 2 nitrogen and oxygen atoms in total. The lowest BCUT2D eigenvalue weighted by molar-refractivity contribution is 0.198. The van der Waals surface area contributed by atoms with Crippen LogP contribution in [0.4, 0.5) is 0 Å². The van der Waals surface area contributed by atoms with Crippen molar-refractivity contribution < 1.29 is 4.74 Å². The maximum absolute atomic E-state index is 5.79. The molecule has 1 heterocycles. The highest BCUT2D eigenvalue weighted by molar-refractivity contribution is 14.1. The van der Waals surface area contributed by atoms with Gasteiger partial charge in [-0.15, -0.1) is 0 Å². The topological polar surface area (TPSA) is 12.5 Å². The van der Waals surface area contributed by atoms with Crippen LogP contribution in [-0.2, 0) is 0 Å². The molecule has 0 aromatic heterocycles. The highest BCUT2D eigenvalue weighted by Crippen LogP contribution is 2.18. The second kappa shape index (κ2) is 5.16. The van der Waals surface area contributed by atoms with E-state index < -0.39 is 0 Å².